The van der Waals surface area contributed by atoms with Gasteiger partial charge in [0.05, 0.1) is 5.69 Å². The molecular weight excluding hydrogens is 229 g/mol. The first-order chi connectivity index (χ1) is 8.66. The van der Waals surface area contributed by atoms with Gasteiger partial charge in [-0.05, 0) is 32.0 Å². The number of anilines is 1. The van der Waals surface area contributed by atoms with Gasteiger partial charge in [-0.2, -0.15) is 0 Å². The van der Waals surface area contributed by atoms with Gasteiger partial charge >= 0.3 is 0 Å². The third kappa shape index (κ3) is 3.43. The molecule has 0 amide bonds. The fraction of sp³-hybridized carbons (Fsp3) is 0.571. The van der Waals surface area contributed by atoms with Crippen LogP contribution in [-0.4, -0.2) is 43.7 Å². The van der Waals surface area contributed by atoms with Crippen LogP contribution >= 0.6 is 0 Å². The quantitative estimate of drug-likeness (QED) is 0.884. The fourth-order valence-electron chi connectivity index (χ4n) is 2.31. The zero-order valence-electron chi connectivity index (χ0n) is 11.0. The van der Waals surface area contributed by atoms with E-state index in [0.29, 0.717) is 0 Å². The van der Waals surface area contributed by atoms with Crippen molar-refractivity contribution in [2.24, 2.45) is 5.73 Å². The number of hydrogen-bond donors (Lipinski definition) is 1. The zero-order valence-corrected chi connectivity index (χ0v) is 11.0. The summed E-state index contributed by atoms with van der Waals surface area (Å²) in [6, 6.07) is 7.26. The Morgan fingerprint density at radius 3 is 2.50 bits per heavy atom. The third-order valence-corrected chi connectivity index (χ3v) is 3.47. The Balaban J connectivity index is 1.85. The van der Waals surface area contributed by atoms with Crippen molar-refractivity contribution in [2.45, 2.75) is 19.4 Å². The van der Waals surface area contributed by atoms with Gasteiger partial charge in [0.15, 0.2) is 0 Å². The van der Waals surface area contributed by atoms with Gasteiger partial charge in [0, 0.05) is 32.2 Å². The van der Waals surface area contributed by atoms with Gasteiger partial charge in [0.1, 0.15) is 5.82 Å². The highest BCUT2D eigenvalue weighted by atomic mass is 19.1. The van der Waals surface area contributed by atoms with Crippen molar-refractivity contribution in [1.82, 2.24) is 4.90 Å². The van der Waals surface area contributed by atoms with Gasteiger partial charge in [0.2, 0.25) is 0 Å². The van der Waals surface area contributed by atoms with Gasteiger partial charge in [-0.15, -0.1) is 0 Å². The molecule has 1 aromatic rings. The van der Waals surface area contributed by atoms with E-state index in [1.807, 2.05) is 19.1 Å². The molecule has 1 aromatic carbocycles. The van der Waals surface area contributed by atoms with Crippen LogP contribution in [0.2, 0.25) is 0 Å². The molecule has 0 aliphatic carbocycles. The van der Waals surface area contributed by atoms with Crippen molar-refractivity contribution in [2.75, 3.05) is 37.6 Å². The molecule has 3 nitrogen and oxygen atoms in total. The number of benzene rings is 1. The SMILES string of the molecule is CC(N)CCN1CCN(c2ccccc2F)CC1. The lowest BCUT2D eigenvalue weighted by Gasteiger charge is -2.36. The summed E-state index contributed by atoms with van der Waals surface area (Å²) in [7, 11) is 0. The Kier molecular flexibility index (Phi) is 4.55. The van der Waals surface area contributed by atoms with Gasteiger partial charge in [-0.25, -0.2) is 4.39 Å². The summed E-state index contributed by atoms with van der Waals surface area (Å²) in [6.45, 7) is 6.83. The summed E-state index contributed by atoms with van der Waals surface area (Å²) in [6.07, 6.45) is 1.03. The molecule has 0 bridgehead atoms. The van der Waals surface area contributed by atoms with Crippen LogP contribution in [0.25, 0.3) is 0 Å². The van der Waals surface area contributed by atoms with Crippen molar-refractivity contribution in [1.29, 1.82) is 0 Å². The topological polar surface area (TPSA) is 32.5 Å². The highest BCUT2D eigenvalue weighted by Crippen LogP contribution is 2.20. The first kappa shape index (κ1) is 13.3. The van der Waals surface area contributed by atoms with E-state index in [0.717, 1.165) is 44.8 Å². The molecule has 1 saturated heterocycles. The number of halogens is 1. The highest BCUT2D eigenvalue weighted by Gasteiger charge is 2.18. The standard InChI is InChI=1S/C14H22FN3/c1-12(16)6-7-17-8-10-18(11-9-17)14-5-3-2-4-13(14)15/h2-5,12H,6-11,16H2,1H3. The normalized spacial score (nSPS) is 18.9. The molecule has 1 aliphatic heterocycles. The summed E-state index contributed by atoms with van der Waals surface area (Å²) in [5.41, 5.74) is 6.49. The van der Waals surface area contributed by atoms with Crippen molar-refractivity contribution in [3.8, 4) is 0 Å². The number of hydrogen-bond acceptors (Lipinski definition) is 3. The molecule has 1 atom stereocenters. The second kappa shape index (κ2) is 6.16. The van der Waals surface area contributed by atoms with Crippen LogP contribution in [0.15, 0.2) is 24.3 Å². The Bertz CT molecular complexity index is 373. The maximum atomic E-state index is 13.7. The van der Waals surface area contributed by atoms with Crippen LogP contribution in [0.3, 0.4) is 0 Å². The molecule has 1 heterocycles. The molecule has 0 saturated carbocycles. The second-order valence-electron chi connectivity index (χ2n) is 5.05. The highest BCUT2D eigenvalue weighted by molar-refractivity contribution is 5.47. The molecule has 2 N–H and O–H groups in total. The van der Waals surface area contributed by atoms with Gasteiger partial charge in [-0.3, -0.25) is 4.90 Å². The van der Waals surface area contributed by atoms with Crippen LogP contribution < -0.4 is 10.6 Å². The summed E-state index contributed by atoms with van der Waals surface area (Å²) < 4.78 is 13.7. The van der Waals surface area contributed by atoms with E-state index in [1.165, 1.54) is 6.07 Å². The average Bonchev–Trinajstić information content (AvgIpc) is 2.38. The number of piperazine rings is 1. The molecular formula is C14H22FN3. The molecule has 0 aromatic heterocycles. The molecule has 1 fully saturated rings. The van der Waals surface area contributed by atoms with Gasteiger partial charge < -0.3 is 10.6 Å². The van der Waals surface area contributed by atoms with Crippen molar-refractivity contribution in [3.63, 3.8) is 0 Å². The van der Waals surface area contributed by atoms with E-state index in [9.17, 15) is 4.39 Å². The van der Waals surface area contributed by atoms with Crippen LogP contribution in [0.1, 0.15) is 13.3 Å². The van der Waals surface area contributed by atoms with Crippen molar-refractivity contribution in [3.05, 3.63) is 30.1 Å². The lowest BCUT2D eigenvalue weighted by atomic mass is 10.2. The Morgan fingerprint density at radius 2 is 1.89 bits per heavy atom. The van der Waals surface area contributed by atoms with Crippen LogP contribution in [0, 0.1) is 5.82 Å². The van der Waals surface area contributed by atoms with E-state index in [1.54, 1.807) is 6.07 Å². The minimum atomic E-state index is -0.124. The third-order valence-electron chi connectivity index (χ3n) is 3.47. The van der Waals surface area contributed by atoms with E-state index >= 15 is 0 Å². The molecule has 2 rings (SSSR count). The smallest absolute Gasteiger partial charge is 0.146 e. The van der Waals surface area contributed by atoms with E-state index < -0.39 is 0 Å². The van der Waals surface area contributed by atoms with Gasteiger partial charge in [0.25, 0.3) is 0 Å². The second-order valence-corrected chi connectivity index (χ2v) is 5.05. The van der Waals surface area contributed by atoms with E-state index in [-0.39, 0.29) is 11.9 Å². The molecule has 4 heteroatoms. The Morgan fingerprint density at radius 1 is 1.22 bits per heavy atom. The predicted molar refractivity (Wildman–Crippen MR) is 73.3 cm³/mol. The molecule has 0 spiro atoms. The largest absolute Gasteiger partial charge is 0.367 e. The molecule has 0 radical (unpaired) electrons. The lowest BCUT2D eigenvalue weighted by molar-refractivity contribution is 0.249. The van der Waals surface area contributed by atoms with Crippen LogP contribution in [0.5, 0.6) is 0 Å². The maximum Gasteiger partial charge on any atom is 0.146 e. The summed E-state index contributed by atoms with van der Waals surface area (Å²) in [4.78, 5) is 4.53. The summed E-state index contributed by atoms with van der Waals surface area (Å²) in [5.74, 6) is -0.124. The van der Waals surface area contributed by atoms with Crippen LogP contribution in [0.4, 0.5) is 10.1 Å². The minimum absolute atomic E-state index is 0.124. The number of nitrogens with zero attached hydrogens (tertiary/aromatic N) is 2. The van der Waals surface area contributed by atoms with Crippen molar-refractivity contribution >= 4 is 5.69 Å². The molecule has 18 heavy (non-hydrogen) atoms. The predicted octanol–water partition coefficient (Wildman–Crippen LogP) is 1.68. The molecule has 1 unspecified atom stereocenters. The maximum absolute atomic E-state index is 13.7. The minimum Gasteiger partial charge on any atom is -0.367 e. The summed E-state index contributed by atoms with van der Waals surface area (Å²) in [5, 5.41) is 0. The lowest BCUT2D eigenvalue weighted by Crippen LogP contribution is -2.47. The zero-order chi connectivity index (χ0) is 13.0. The molecule has 1 aliphatic rings. The first-order valence-corrected chi connectivity index (χ1v) is 6.64. The first-order valence-electron chi connectivity index (χ1n) is 6.64. The van der Waals surface area contributed by atoms with E-state index in [2.05, 4.69) is 9.80 Å². The number of nitrogens with two attached hydrogens (primary N) is 1. The van der Waals surface area contributed by atoms with Crippen LogP contribution in [-0.2, 0) is 0 Å². The number of para-hydroxylation sites is 1. The average molecular weight is 251 g/mol. The van der Waals surface area contributed by atoms with Crippen molar-refractivity contribution < 1.29 is 4.39 Å². The number of rotatable bonds is 4. The van der Waals surface area contributed by atoms with Gasteiger partial charge in [-0.1, -0.05) is 12.1 Å². The summed E-state index contributed by atoms with van der Waals surface area (Å²) >= 11 is 0. The van der Waals surface area contributed by atoms with E-state index in [4.69, 9.17) is 5.73 Å². The molecule has 100 valence electrons. The Hall–Kier alpha value is -1.13. The Labute approximate surface area is 108 Å². The monoisotopic (exact) mass is 251 g/mol. The fourth-order valence-corrected chi connectivity index (χ4v) is 2.31.